The number of nitrogens with one attached hydrogen (secondary N) is 1. The van der Waals surface area contributed by atoms with Gasteiger partial charge in [-0.1, -0.05) is 17.7 Å². The molecule has 0 amide bonds. The zero-order chi connectivity index (χ0) is 14.6. The van der Waals surface area contributed by atoms with Crippen molar-refractivity contribution in [2.24, 2.45) is 0 Å². The van der Waals surface area contributed by atoms with Crippen LogP contribution in [0.3, 0.4) is 0 Å². The maximum atomic E-state index is 11.9. The zero-order valence-electron chi connectivity index (χ0n) is 10.0. The quantitative estimate of drug-likeness (QED) is 0.687. The second-order valence-electron chi connectivity index (χ2n) is 3.92. The van der Waals surface area contributed by atoms with Crippen molar-refractivity contribution in [1.82, 2.24) is 4.72 Å². The maximum absolute atomic E-state index is 11.9. The van der Waals surface area contributed by atoms with Crippen LogP contribution in [0.1, 0.15) is 12.0 Å². The van der Waals surface area contributed by atoms with Crippen molar-refractivity contribution in [3.63, 3.8) is 0 Å². The van der Waals surface area contributed by atoms with E-state index in [0.29, 0.717) is 0 Å². The van der Waals surface area contributed by atoms with Crippen molar-refractivity contribution in [2.45, 2.75) is 24.3 Å². The normalized spacial score (nSPS) is 12.9. The van der Waals surface area contributed by atoms with Crippen LogP contribution in [-0.2, 0) is 19.6 Å². The molecule has 0 heterocycles. The third kappa shape index (κ3) is 4.34. The number of sulfonamides is 1. The number of hydrogen-bond acceptors (Lipinski definition) is 4. The molecule has 1 aromatic rings. The van der Waals surface area contributed by atoms with Crippen LogP contribution in [0.25, 0.3) is 0 Å². The lowest BCUT2D eigenvalue weighted by Crippen LogP contribution is -2.42. The van der Waals surface area contributed by atoms with Gasteiger partial charge in [-0.25, -0.2) is 8.42 Å². The van der Waals surface area contributed by atoms with Crippen molar-refractivity contribution in [1.29, 1.82) is 0 Å². The van der Waals surface area contributed by atoms with Gasteiger partial charge in [0, 0.05) is 0 Å². The van der Waals surface area contributed by atoms with Crippen LogP contribution in [-0.4, -0.2) is 36.6 Å². The third-order valence-corrected chi connectivity index (χ3v) is 3.79. The summed E-state index contributed by atoms with van der Waals surface area (Å²) in [6.45, 7) is 1.77. The Kier molecular flexibility index (Phi) is 4.62. The standard InChI is InChI=1S/C11H13NO6S/c1-7-2-4-8(5-3-7)19(17,18)12-9(11(15)16)6-10(13)14/h2-5,9,12H,6H2,1H3,(H,13,14)(H,15,16). The molecular formula is C11H13NO6S. The summed E-state index contributed by atoms with van der Waals surface area (Å²) in [5.74, 6) is -2.95. The van der Waals surface area contributed by atoms with Gasteiger partial charge in [-0.15, -0.1) is 0 Å². The van der Waals surface area contributed by atoms with Crippen LogP contribution in [0.4, 0.5) is 0 Å². The summed E-state index contributed by atoms with van der Waals surface area (Å²) in [6, 6.07) is 4.04. The van der Waals surface area contributed by atoms with Gasteiger partial charge in [0.05, 0.1) is 11.3 Å². The summed E-state index contributed by atoms with van der Waals surface area (Å²) in [6.07, 6.45) is -0.833. The summed E-state index contributed by atoms with van der Waals surface area (Å²) >= 11 is 0. The fraction of sp³-hybridized carbons (Fsp3) is 0.273. The predicted molar refractivity (Wildman–Crippen MR) is 65.2 cm³/mol. The summed E-state index contributed by atoms with van der Waals surface area (Å²) in [5, 5.41) is 17.3. The molecule has 0 aliphatic carbocycles. The van der Waals surface area contributed by atoms with Crippen molar-refractivity contribution < 1.29 is 28.2 Å². The molecule has 0 aliphatic rings. The lowest BCUT2D eigenvalue weighted by atomic mass is 10.2. The highest BCUT2D eigenvalue weighted by Crippen LogP contribution is 2.11. The van der Waals surface area contributed by atoms with Crippen molar-refractivity contribution >= 4 is 22.0 Å². The van der Waals surface area contributed by atoms with Gasteiger partial charge < -0.3 is 10.2 Å². The number of hydrogen-bond donors (Lipinski definition) is 3. The van der Waals surface area contributed by atoms with E-state index in [-0.39, 0.29) is 4.90 Å². The Labute approximate surface area is 109 Å². The molecule has 19 heavy (non-hydrogen) atoms. The SMILES string of the molecule is Cc1ccc(S(=O)(=O)NC(CC(=O)O)C(=O)O)cc1. The van der Waals surface area contributed by atoms with Crippen molar-refractivity contribution in [3.8, 4) is 0 Å². The van der Waals surface area contributed by atoms with Crippen molar-refractivity contribution in [3.05, 3.63) is 29.8 Å². The number of benzene rings is 1. The van der Waals surface area contributed by atoms with Gasteiger partial charge in [0.2, 0.25) is 10.0 Å². The van der Waals surface area contributed by atoms with Gasteiger partial charge >= 0.3 is 11.9 Å². The fourth-order valence-corrected chi connectivity index (χ4v) is 2.52. The lowest BCUT2D eigenvalue weighted by molar-refractivity contribution is -0.145. The van der Waals surface area contributed by atoms with E-state index in [2.05, 4.69) is 0 Å². The van der Waals surface area contributed by atoms with E-state index in [4.69, 9.17) is 10.2 Å². The number of aliphatic carboxylic acids is 2. The molecular weight excluding hydrogens is 274 g/mol. The Morgan fingerprint density at radius 1 is 1.21 bits per heavy atom. The molecule has 0 saturated carbocycles. The highest BCUT2D eigenvalue weighted by atomic mass is 32.2. The minimum Gasteiger partial charge on any atom is -0.481 e. The molecule has 1 aromatic carbocycles. The summed E-state index contributed by atoms with van der Waals surface area (Å²) in [4.78, 5) is 21.2. The highest BCUT2D eigenvalue weighted by molar-refractivity contribution is 7.89. The Balaban J connectivity index is 2.97. The Morgan fingerprint density at radius 2 is 1.74 bits per heavy atom. The van der Waals surface area contributed by atoms with Gasteiger partial charge in [-0.05, 0) is 19.1 Å². The van der Waals surface area contributed by atoms with E-state index in [9.17, 15) is 18.0 Å². The predicted octanol–water partition coefficient (Wildman–Crippen LogP) is 0.201. The minimum absolute atomic E-state index is 0.116. The largest absolute Gasteiger partial charge is 0.481 e. The van der Waals surface area contributed by atoms with E-state index in [1.165, 1.54) is 12.1 Å². The van der Waals surface area contributed by atoms with Crippen LogP contribution < -0.4 is 4.72 Å². The van der Waals surface area contributed by atoms with Gasteiger partial charge in [0.25, 0.3) is 0 Å². The van der Waals surface area contributed by atoms with E-state index >= 15 is 0 Å². The van der Waals surface area contributed by atoms with Gasteiger partial charge in [-0.3, -0.25) is 9.59 Å². The molecule has 0 bridgehead atoms. The van der Waals surface area contributed by atoms with E-state index < -0.39 is 34.4 Å². The smallest absolute Gasteiger partial charge is 0.322 e. The first kappa shape index (κ1) is 15.1. The van der Waals surface area contributed by atoms with E-state index in [1.807, 2.05) is 4.72 Å². The monoisotopic (exact) mass is 287 g/mol. The van der Waals surface area contributed by atoms with Crippen LogP contribution >= 0.6 is 0 Å². The number of carbonyl (C=O) groups is 2. The van der Waals surface area contributed by atoms with Gasteiger partial charge in [0.15, 0.2) is 0 Å². The fourth-order valence-electron chi connectivity index (χ4n) is 1.33. The summed E-state index contributed by atoms with van der Waals surface area (Å²) in [7, 11) is -4.06. The first-order valence-electron chi connectivity index (χ1n) is 5.26. The zero-order valence-corrected chi connectivity index (χ0v) is 10.8. The second kappa shape index (κ2) is 5.81. The number of rotatable bonds is 6. The lowest BCUT2D eigenvalue weighted by Gasteiger charge is -2.12. The molecule has 7 nitrogen and oxygen atoms in total. The molecule has 104 valence electrons. The van der Waals surface area contributed by atoms with Crippen LogP contribution in [0.5, 0.6) is 0 Å². The van der Waals surface area contributed by atoms with Crippen LogP contribution in [0.2, 0.25) is 0 Å². The van der Waals surface area contributed by atoms with E-state index in [0.717, 1.165) is 5.56 Å². The van der Waals surface area contributed by atoms with Crippen LogP contribution in [0.15, 0.2) is 29.2 Å². The Bertz CT molecular complexity index is 578. The minimum atomic E-state index is -4.06. The summed E-state index contributed by atoms with van der Waals surface area (Å²) in [5.41, 5.74) is 0.847. The highest BCUT2D eigenvalue weighted by Gasteiger charge is 2.27. The molecule has 1 atom stereocenters. The van der Waals surface area contributed by atoms with Gasteiger partial charge in [-0.2, -0.15) is 4.72 Å². The molecule has 8 heteroatoms. The molecule has 0 spiro atoms. The Morgan fingerprint density at radius 3 is 2.16 bits per heavy atom. The second-order valence-corrected chi connectivity index (χ2v) is 5.64. The summed E-state index contributed by atoms with van der Waals surface area (Å²) < 4.78 is 25.6. The third-order valence-electron chi connectivity index (χ3n) is 2.31. The molecule has 0 radical (unpaired) electrons. The first-order valence-corrected chi connectivity index (χ1v) is 6.74. The molecule has 1 unspecified atom stereocenters. The van der Waals surface area contributed by atoms with E-state index in [1.54, 1.807) is 19.1 Å². The van der Waals surface area contributed by atoms with Crippen LogP contribution in [0, 0.1) is 6.92 Å². The number of carboxylic acids is 2. The molecule has 1 rings (SSSR count). The molecule has 0 saturated heterocycles. The van der Waals surface area contributed by atoms with Crippen molar-refractivity contribution in [2.75, 3.05) is 0 Å². The molecule has 0 aromatic heterocycles. The van der Waals surface area contributed by atoms with Gasteiger partial charge in [0.1, 0.15) is 6.04 Å². The molecule has 3 N–H and O–H groups in total. The molecule has 0 fully saturated rings. The maximum Gasteiger partial charge on any atom is 0.322 e. The average molecular weight is 287 g/mol. The Hall–Kier alpha value is -1.93. The first-order chi connectivity index (χ1) is 8.72. The topological polar surface area (TPSA) is 121 Å². The number of aryl methyl sites for hydroxylation is 1. The average Bonchev–Trinajstić information content (AvgIpc) is 2.27. The number of carboxylic acid groups (broad SMARTS) is 2. The molecule has 0 aliphatic heterocycles.